The van der Waals surface area contributed by atoms with Gasteiger partial charge in [-0.2, -0.15) is 0 Å². The van der Waals surface area contributed by atoms with Gasteiger partial charge in [0.05, 0.1) is 6.10 Å². The van der Waals surface area contributed by atoms with Crippen molar-refractivity contribution in [3.8, 4) is 0 Å². The molecule has 0 aromatic carbocycles. The summed E-state index contributed by atoms with van der Waals surface area (Å²) in [6, 6.07) is 0. The fraction of sp³-hybridized carbons (Fsp3) is 0.692. The highest BCUT2D eigenvalue weighted by molar-refractivity contribution is 6.01. The minimum atomic E-state index is -2.05. The molecule has 4 aliphatic carbocycles. The zero-order valence-electron chi connectivity index (χ0n) is 20.1. The fourth-order valence-electron chi connectivity index (χ4n) is 7.39. The molecule has 0 amide bonds. The molecule has 4 aliphatic rings. The molecule has 192 valence electrons. The Labute approximate surface area is 203 Å². The number of rotatable bonds is 7. The topological polar surface area (TPSA) is 138 Å². The van der Waals surface area contributed by atoms with Crippen LogP contribution in [0.5, 0.6) is 0 Å². The number of allylic oxidation sites excluding steroid dienone is 4. The number of hydrogen-bond donors (Lipinski definition) is 3. The van der Waals surface area contributed by atoms with Gasteiger partial charge in [-0.3, -0.25) is 19.2 Å². The SMILES string of the molecule is C[C@]12C=CC(=O)C=C1CC[C@H]1[C@@H]3CC[C@](O)(C(=O)COC(=O)CCCC(=O)O)[C@@]3(C)C[C@H](O)[C@@]12F. The highest BCUT2D eigenvalue weighted by Gasteiger charge is 2.74. The summed E-state index contributed by atoms with van der Waals surface area (Å²) in [6.07, 6.45) is 3.77. The first-order valence-corrected chi connectivity index (χ1v) is 12.2. The molecule has 8 nitrogen and oxygen atoms in total. The molecule has 0 unspecified atom stereocenters. The summed E-state index contributed by atoms with van der Waals surface area (Å²) >= 11 is 0. The zero-order valence-corrected chi connectivity index (χ0v) is 20.1. The summed E-state index contributed by atoms with van der Waals surface area (Å²) in [5.74, 6) is -3.68. The standard InChI is InChI=1S/C26H33FO8/c1-23-10-8-16(28)12-15(23)6-7-18-17-9-11-25(34,24(17,2)13-19(29)26(18,23)27)20(30)14-35-22(33)5-3-4-21(31)32/h8,10,12,17-19,29,34H,3-7,9,11,13-14H2,1-2H3,(H,31,32)/t17-,18-,19-,23-,24-,25-,26-/m0/s1. The van der Waals surface area contributed by atoms with E-state index < -0.39 is 58.5 Å². The molecule has 7 atom stereocenters. The number of carbonyl (C=O) groups is 4. The lowest BCUT2D eigenvalue weighted by atomic mass is 9.44. The van der Waals surface area contributed by atoms with E-state index in [1.165, 1.54) is 12.2 Å². The molecule has 0 spiro atoms. The third kappa shape index (κ3) is 3.69. The van der Waals surface area contributed by atoms with Crippen LogP contribution in [-0.2, 0) is 23.9 Å². The van der Waals surface area contributed by atoms with E-state index in [9.17, 15) is 29.4 Å². The molecule has 0 radical (unpaired) electrons. The first-order chi connectivity index (χ1) is 16.3. The van der Waals surface area contributed by atoms with Crippen LogP contribution in [0.4, 0.5) is 4.39 Å². The lowest BCUT2D eigenvalue weighted by Gasteiger charge is -2.62. The van der Waals surface area contributed by atoms with E-state index in [-0.39, 0.29) is 43.8 Å². The number of halogens is 1. The highest BCUT2D eigenvalue weighted by Crippen LogP contribution is 2.69. The molecule has 4 rings (SSSR count). The van der Waals surface area contributed by atoms with Crippen molar-refractivity contribution in [3.63, 3.8) is 0 Å². The van der Waals surface area contributed by atoms with Gasteiger partial charge in [0.25, 0.3) is 0 Å². The van der Waals surface area contributed by atoms with Crippen LogP contribution in [0.3, 0.4) is 0 Å². The maximum atomic E-state index is 17.0. The summed E-state index contributed by atoms with van der Waals surface area (Å²) in [4.78, 5) is 47.5. The summed E-state index contributed by atoms with van der Waals surface area (Å²) in [5, 5.41) is 31.5. The number of aliphatic carboxylic acids is 1. The van der Waals surface area contributed by atoms with Crippen molar-refractivity contribution in [2.45, 2.75) is 82.6 Å². The van der Waals surface area contributed by atoms with Crippen LogP contribution in [0.25, 0.3) is 0 Å². The Balaban J connectivity index is 1.54. The smallest absolute Gasteiger partial charge is 0.306 e. The van der Waals surface area contributed by atoms with Gasteiger partial charge in [0, 0.05) is 29.6 Å². The van der Waals surface area contributed by atoms with Crippen molar-refractivity contribution in [3.05, 3.63) is 23.8 Å². The van der Waals surface area contributed by atoms with Crippen LogP contribution < -0.4 is 0 Å². The normalized spacial score (nSPS) is 41.9. The van der Waals surface area contributed by atoms with Crippen LogP contribution in [0.15, 0.2) is 23.8 Å². The zero-order chi connectivity index (χ0) is 25.8. The average molecular weight is 493 g/mol. The Morgan fingerprint density at radius 1 is 1.17 bits per heavy atom. The molecule has 3 saturated carbocycles. The Morgan fingerprint density at radius 3 is 2.57 bits per heavy atom. The van der Waals surface area contributed by atoms with Gasteiger partial charge in [-0.15, -0.1) is 0 Å². The molecular formula is C26H33FO8. The number of aliphatic hydroxyl groups is 2. The van der Waals surface area contributed by atoms with Crippen molar-refractivity contribution in [1.82, 2.24) is 0 Å². The number of fused-ring (bicyclic) bond motifs is 5. The van der Waals surface area contributed by atoms with Crippen molar-refractivity contribution >= 4 is 23.5 Å². The monoisotopic (exact) mass is 492 g/mol. The van der Waals surface area contributed by atoms with Gasteiger partial charge in [-0.05, 0) is 63.5 Å². The second-order valence-corrected chi connectivity index (χ2v) is 11.0. The lowest BCUT2D eigenvalue weighted by molar-refractivity contribution is -0.217. The molecular weight excluding hydrogens is 459 g/mol. The summed E-state index contributed by atoms with van der Waals surface area (Å²) in [5.41, 5.74) is -5.56. The van der Waals surface area contributed by atoms with E-state index in [4.69, 9.17) is 9.84 Å². The third-order valence-corrected chi connectivity index (χ3v) is 9.39. The van der Waals surface area contributed by atoms with Gasteiger partial charge in [-0.1, -0.05) is 18.6 Å². The molecule has 35 heavy (non-hydrogen) atoms. The summed E-state index contributed by atoms with van der Waals surface area (Å²) in [6.45, 7) is 2.74. The van der Waals surface area contributed by atoms with Crippen LogP contribution in [-0.4, -0.2) is 62.8 Å². The van der Waals surface area contributed by atoms with Gasteiger partial charge >= 0.3 is 11.9 Å². The van der Waals surface area contributed by atoms with Crippen LogP contribution in [0, 0.1) is 22.7 Å². The molecule has 0 aromatic heterocycles. The Kier molecular flexibility index (Phi) is 6.33. The fourth-order valence-corrected chi connectivity index (χ4v) is 7.39. The predicted molar refractivity (Wildman–Crippen MR) is 121 cm³/mol. The molecule has 9 heteroatoms. The average Bonchev–Trinajstić information content (AvgIpc) is 3.05. The Morgan fingerprint density at radius 2 is 1.89 bits per heavy atom. The highest BCUT2D eigenvalue weighted by atomic mass is 19.1. The number of alkyl halides is 1. The number of ether oxygens (including phenoxy) is 1. The second kappa shape index (κ2) is 8.62. The van der Waals surface area contributed by atoms with E-state index in [0.29, 0.717) is 24.8 Å². The minimum absolute atomic E-state index is 0.0661. The molecule has 3 fully saturated rings. The number of esters is 1. The van der Waals surface area contributed by atoms with Gasteiger partial charge in [0.1, 0.15) is 5.60 Å². The van der Waals surface area contributed by atoms with Crippen molar-refractivity contribution < 1.29 is 43.6 Å². The largest absolute Gasteiger partial charge is 0.481 e. The summed E-state index contributed by atoms with van der Waals surface area (Å²) < 4.78 is 22.0. The van der Waals surface area contributed by atoms with Crippen molar-refractivity contribution in [1.29, 1.82) is 0 Å². The van der Waals surface area contributed by atoms with Gasteiger partial charge < -0.3 is 20.1 Å². The number of aliphatic hydroxyl groups excluding tert-OH is 1. The first-order valence-electron chi connectivity index (χ1n) is 12.2. The van der Waals surface area contributed by atoms with Crippen molar-refractivity contribution in [2.75, 3.05) is 6.61 Å². The number of carbonyl (C=O) groups excluding carboxylic acids is 3. The molecule has 0 bridgehead atoms. The lowest BCUT2D eigenvalue weighted by Crippen LogP contribution is -2.69. The Hall–Kier alpha value is -2.39. The minimum Gasteiger partial charge on any atom is -0.481 e. The number of carboxylic acids is 1. The van der Waals surface area contributed by atoms with E-state index in [0.717, 1.165) is 0 Å². The van der Waals surface area contributed by atoms with Gasteiger partial charge in [0.2, 0.25) is 5.78 Å². The molecule has 0 heterocycles. The van der Waals surface area contributed by atoms with Crippen molar-refractivity contribution in [2.24, 2.45) is 22.7 Å². The number of carboxylic acid groups (broad SMARTS) is 1. The number of ketones is 2. The number of hydrogen-bond acceptors (Lipinski definition) is 7. The predicted octanol–water partition coefficient (Wildman–Crippen LogP) is 2.46. The molecule has 0 saturated heterocycles. The van der Waals surface area contributed by atoms with Gasteiger partial charge in [-0.25, -0.2) is 4.39 Å². The summed E-state index contributed by atoms with van der Waals surface area (Å²) in [7, 11) is 0. The van der Waals surface area contributed by atoms with Crippen LogP contribution in [0.2, 0.25) is 0 Å². The maximum absolute atomic E-state index is 17.0. The Bertz CT molecular complexity index is 1020. The maximum Gasteiger partial charge on any atom is 0.306 e. The van der Waals surface area contributed by atoms with E-state index >= 15 is 4.39 Å². The third-order valence-electron chi connectivity index (χ3n) is 9.39. The first kappa shape index (κ1) is 25.7. The van der Waals surface area contributed by atoms with E-state index in [1.54, 1.807) is 19.9 Å². The van der Waals surface area contributed by atoms with Gasteiger partial charge in [0.15, 0.2) is 18.1 Å². The van der Waals surface area contributed by atoms with Crippen LogP contribution >= 0.6 is 0 Å². The second-order valence-electron chi connectivity index (χ2n) is 11.0. The van der Waals surface area contributed by atoms with E-state index in [1.807, 2.05) is 0 Å². The quantitative estimate of drug-likeness (QED) is 0.461. The van der Waals surface area contributed by atoms with Crippen LogP contribution in [0.1, 0.15) is 65.2 Å². The molecule has 0 aliphatic heterocycles. The molecule has 3 N–H and O–H groups in total. The van der Waals surface area contributed by atoms with E-state index in [2.05, 4.69) is 0 Å². The molecule has 0 aromatic rings. The number of Topliss-reactive ketones (excluding diaryl/α,β-unsaturated/α-hetero) is 1.